The summed E-state index contributed by atoms with van der Waals surface area (Å²) in [5.41, 5.74) is 0.583. The molecule has 3 nitrogen and oxygen atoms in total. The molecular weight excluding hydrogens is 260 g/mol. The number of carbonyl (C=O) groups excluding carboxylic acids is 1. The summed E-state index contributed by atoms with van der Waals surface area (Å²) < 4.78 is 17.3. The molecule has 0 aliphatic rings. The van der Waals surface area contributed by atoms with Crippen molar-refractivity contribution < 1.29 is 13.7 Å². The zero-order chi connectivity index (χ0) is 14.1. The van der Waals surface area contributed by atoms with Gasteiger partial charge in [-0.2, -0.15) is 0 Å². The van der Waals surface area contributed by atoms with E-state index in [0.29, 0.717) is 23.7 Å². The average molecular weight is 282 g/mol. The van der Waals surface area contributed by atoms with Gasteiger partial charge in [0.25, 0.3) is 0 Å². The lowest BCUT2D eigenvalue weighted by Gasteiger charge is -2.09. The fourth-order valence-corrected chi connectivity index (χ4v) is 2.74. The number of ether oxygens (including phenoxy) is 1. The molecule has 1 aromatic rings. The molecule has 0 fully saturated rings. The van der Waals surface area contributed by atoms with E-state index in [0.717, 1.165) is 25.0 Å². The molecule has 0 heterocycles. The Balaban J connectivity index is 2.37. The largest absolute Gasteiger partial charge is 0.492 e. The molecule has 19 heavy (non-hydrogen) atoms. The zero-order valence-electron chi connectivity index (χ0n) is 11.7. The van der Waals surface area contributed by atoms with Gasteiger partial charge in [0, 0.05) is 16.6 Å². The number of ketones is 1. The van der Waals surface area contributed by atoms with Crippen LogP contribution in [0.2, 0.25) is 0 Å². The summed E-state index contributed by atoms with van der Waals surface area (Å²) in [7, 11) is -0.822. The fraction of sp³-hybridized carbons (Fsp3) is 0.533. The van der Waals surface area contributed by atoms with Crippen molar-refractivity contribution in [3.05, 3.63) is 29.8 Å². The standard InChI is InChI=1S/C15H22O3S/c1-3-4-7-11-19(17)12-10-18-15-9-6-5-8-14(15)13(2)16/h5-6,8-9H,3-4,7,10-12H2,1-2H3. The quantitative estimate of drug-likeness (QED) is 0.516. The maximum atomic E-state index is 11.7. The molecular formula is C15H22O3S. The van der Waals surface area contributed by atoms with Crippen LogP contribution in [-0.2, 0) is 10.8 Å². The van der Waals surface area contributed by atoms with Gasteiger partial charge in [-0.05, 0) is 25.5 Å². The van der Waals surface area contributed by atoms with Crippen LogP contribution in [-0.4, -0.2) is 28.1 Å². The molecule has 0 amide bonds. The molecule has 1 atom stereocenters. The molecule has 0 saturated heterocycles. The molecule has 106 valence electrons. The zero-order valence-corrected chi connectivity index (χ0v) is 12.5. The van der Waals surface area contributed by atoms with Crippen LogP contribution < -0.4 is 4.74 Å². The smallest absolute Gasteiger partial charge is 0.163 e. The Morgan fingerprint density at radius 3 is 2.63 bits per heavy atom. The lowest BCUT2D eigenvalue weighted by atomic mass is 10.1. The number of Topliss-reactive ketones (excluding diaryl/α,β-unsaturated/α-hetero) is 1. The lowest BCUT2D eigenvalue weighted by molar-refractivity contribution is 0.101. The van der Waals surface area contributed by atoms with E-state index in [1.165, 1.54) is 6.92 Å². The molecule has 0 aliphatic heterocycles. The van der Waals surface area contributed by atoms with Gasteiger partial charge in [0.05, 0.1) is 17.9 Å². The SMILES string of the molecule is CCCCCS(=O)CCOc1ccccc1C(C)=O. The van der Waals surface area contributed by atoms with Crippen LogP contribution in [0.5, 0.6) is 5.75 Å². The monoisotopic (exact) mass is 282 g/mol. The minimum atomic E-state index is -0.822. The van der Waals surface area contributed by atoms with Crippen molar-refractivity contribution in [2.75, 3.05) is 18.1 Å². The van der Waals surface area contributed by atoms with Crippen molar-refractivity contribution in [3.63, 3.8) is 0 Å². The highest BCUT2D eigenvalue weighted by molar-refractivity contribution is 7.84. The van der Waals surface area contributed by atoms with Crippen molar-refractivity contribution >= 4 is 16.6 Å². The number of hydrogen-bond acceptors (Lipinski definition) is 3. The van der Waals surface area contributed by atoms with Gasteiger partial charge in [0.2, 0.25) is 0 Å². The van der Waals surface area contributed by atoms with Gasteiger partial charge in [0.1, 0.15) is 5.75 Å². The van der Waals surface area contributed by atoms with Gasteiger partial charge in [-0.1, -0.05) is 31.9 Å². The molecule has 1 unspecified atom stereocenters. The first kappa shape index (κ1) is 15.9. The van der Waals surface area contributed by atoms with Crippen LogP contribution in [0.25, 0.3) is 0 Å². The molecule has 0 aliphatic carbocycles. The summed E-state index contributed by atoms with van der Waals surface area (Å²) in [5.74, 6) is 1.84. The minimum Gasteiger partial charge on any atom is -0.492 e. The third-order valence-electron chi connectivity index (χ3n) is 2.81. The molecule has 4 heteroatoms. The highest BCUT2D eigenvalue weighted by atomic mass is 32.2. The van der Waals surface area contributed by atoms with E-state index in [2.05, 4.69) is 6.92 Å². The number of unbranched alkanes of at least 4 members (excludes halogenated alkanes) is 2. The van der Waals surface area contributed by atoms with Crippen LogP contribution >= 0.6 is 0 Å². The summed E-state index contributed by atoms with van der Waals surface area (Å²) in [6.07, 6.45) is 3.27. The second-order valence-corrected chi connectivity index (χ2v) is 6.15. The summed E-state index contributed by atoms with van der Waals surface area (Å²) in [6, 6.07) is 7.17. The van der Waals surface area contributed by atoms with Crippen LogP contribution in [0.1, 0.15) is 43.5 Å². The van der Waals surface area contributed by atoms with E-state index >= 15 is 0 Å². The van der Waals surface area contributed by atoms with Gasteiger partial charge in [0.15, 0.2) is 5.78 Å². The first-order valence-electron chi connectivity index (χ1n) is 6.73. The summed E-state index contributed by atoms with van der Waals surface area (Å²) in [5, 5.41) is 0. The Labute approximate surface area is 117 Å². The van der Waals surface area contributed by atoms with Crippen LogP contribution in [0, 0.1) is 0 Å². The molecule has 0 saturated carbocycles. The van der Waals surface area contributed by atoms with Gasteiger partial charge >= 0.3 is 0 Å². The summed E-state index contributed by atoms with van der Waals surface area (Å²) in [6.45, 7) is 4.04. The maximum Gasteiger partial charge on any atom is 0.163 e. The van der Waals surface area contributed by atoms with E-state index in [-0.39, 0.29) is 5.78 Å². The van der Waals surface area contributed by atoms with E-state index in [4.69, 9.17) is 4.74 Å². The average Bonchev–Trinajstić information content (AvgIpc) is 2.39. The Morgan fingerprint density at radius 2 is 1.95 bits per heavy atom. The van der Waals surface area contributed by atoms with Crippen molar-refractivity contribution in [1.82, 2.24) is 0 Å². The lowest BCUT2D eigenvalue weighted by Crippen LogP contribution is -2.12. The van der Waals surface area contributed by atoms with E-state index < -0.39 is 10.8 Å². The van der Waals surface area contributed by atoms with Crippen molar-refractivity contribution in [2.45, 2.75) is 33.1 Å². The summed E-state index contributed by atoms with van der Waals surface area (Å²) in [4.78, 5) is 11.4. The highest BCUT2D eigenvalue weighted by Crippen LogP contribution is 2.18. The number of para-hydroxylation sites is 1. The second-order valence-electron chi connectivity index (χ2n) is 4.46. The normalized spacial score (nSPS) is 12.1. The first-order chi connectivity index (χ1) is 9.15. The van der Waals surface area contributed by atoms with Crippen LogP contribution in [0.3, 0.4) is 0 Å². The number of carbonyl (C=O) groups is 1. The van der Waals surface area contributed by atoms with Crippen LogP contribution in [0.15, 0.2) is 24.3 Å². The first-order valence-corrected chi connectivity index (χ1v) is 8.21. The Morgan fingerprint density at radius 1 is 1.21 bits per heavy atom. The van der Waals surface area contributed by atoms with Gasteiger partial charge in [-0.3, -0.25) is 9.00 Å². The molecule has 0 aromatic heterocycles. The fourth-order valence-electron chi connectivity index (χ4n) is 1.74. The predicted molar refractivity (Wildman–Crippen MR) is 79.3 cm³/mol. The number of benzene rings is 1. The molecule has 0 radical (unpaired) electrons. The molecule has 0 N–H and O–H groups in total. The van der Waals surface area contributed by atoms with E-state index in [9.17, 15) is 9.00 Å². The Bertz CT molecular complexity index is 429. The third-order valence-corrected chi connectivity index (χ3v) is 4.18. The van der Waals surface area contributed by atoms with Gasteiger partial charge in [-0.25, -0.2) is 0 Å². The van der Waals surface area contributed by atoms with Gasteiger partial charge < -0.3 is 4.74 Å². The molecule has 1 rings (SSSR count). The number of rotatable bonds is 9. The van der Waals surface area contributed by atoms with Gasteiger partial charge in [-0.15, -0.1) is 0 Å². The third kappa shape index (κ3) is 6.01. The molecule has 0 spiro atoms. The number of hydrogen-bond donors (Lipinski definition) is 0. The summed E-state index contributed by atoms with van der Waals surface area (Å²) >= 11 is 0. The molecule has 0 bridgehead atoms. The maximum absolute atomic E-state index is 11.7. The Kier molecular flexibility index (Phi) is 7.41. The molecule has 1 aromatic carbocycles. The highest BCUT2D eigenvalue weighted by Gasteiger charge is 2.07. The minimum absolute atomic E-state index is 0.0142. The van der Waals surface area contributed by atoms with Crippen LogP contribution in [0.4, 0.5) is 0 Å². The second kappa shape index (κ2) is 8.86. The van der Waals surface area contributed by atoms with E-state index in [1.54, 1.807) is 12.1 Å². The predicted octanol–water partition coefficient (Wildman–Crippen LogP) is 3.21. The van der Waals surface area contributed by atoms with Crippen molar-refractivity contribution in [1.29, 1.82) is 0 Å². The van der Waals surface area contributed by atoms with Crippen molar-refractivity contribution in [2.24, 2.45) is 0 Å². The Hall–Kier alpha value is -1.16. The van der Waals surface area contributed by atoms with Crippen molar-refractivity contribution in [3.8, 4) is 5.75 Å². The topological polar surface area (TPSA) is 43.4 Å². The van der Waals surface area contributed by atoms with E-state index in [1.807, 2.05) is 12.1 Å².